The molecule has 1 rings (SSSR count). The number of nitrogen functional groups attached to an aromatic ring is 1. The molecule has 6 heteroatoms. The zero-order chi connectivity index (χ0) is 14.1. The first-order valence-corrected chi connectivity index (χ1v) is 7.29. The van der Waals surface area contributed by atoms with Gasteiger partial charge < -0.3 is 20.1 Å². The molecular formula is C13H22BrN3O2. The van der Waals surface area contributed by atoms with Crippen molar-refractivity contribution >= 4 is 27.3 Å². The van der Waals surface area contributed by atoms with E-state index in [1.54, 1.807) is 12.4 Å². The van der Waals surface area contributed by atoms with Gasteiger partial charge >= 0.3 is 0 Å². The molecule has 0 unspecified atom stereocenters. The van der Waals surface area contributed by atoms with E-state index in [4.69, 9.17) is 15.2 Å². The molecule has 0 atom stereocenters. The van der Waals surface area contributed by atoms with Gasteiger partial charge in [-0.15, -0.1) is 0 Å². The van der Waals surface area contributed by atoms with Gasteiger partial charge in [0.1, 0.15) is 0 Å². The zero-order valence-electron chi connectivity index (χ0n) is 11.6. The average molecular weight is 332 g/mol. The van der Waals surface area contributed by atoms with Gasteiger partial charge in [-0.3, -0.25) is 4.98 Å². The molecule has 0 aliphatic rings. The van der Waals surface area contributed by atoms with Gasteiger partial charge in [-0.25, -0.2) is 0 Å². The summed E-state index contributed by atoms with van der Waals surface area (Å²) in [7, 11) is 0. The second-order valence-electron chi connectivity index (χ2n) is 3.94. The number of hydrogen-bond acceptors (Lipinski definition) is 5. The molecule has 5 nitrogen and oxygen atoms in total. The van der Waals surface area contributed by atoms with Crippen LogP contribution in [0.5, 0.6) is 0 Å². The standard InChI is InChI=1S/C13H22BrN3O2/c1-3-18-7-5-17(6-8-19-4-2)13-11(14)9-16-10-12(13)15/h9-10H,3-8,15H2,1-2H3. The molecule has 0 aromatic carbocycles. The Morgan fingerprint density at radius 2 is 1.74 bits per heavy atom. The molecule has 1 heterocycles. The van der Waals surface area contributed by atoms with Gasteiger partial charge in [0.2, 0.25) is 0 Å². The number of ether oxygens (including phenoxy) is 2. The molecule has 0 amide bonds. The number of nitrogens with two attached hydrogens (primary N) is 1. The molecular weight excluding hydrogens is 310 g/mol. The van der Waals surface area contributed by atoms with Crippen molar-refractivity contribution in [1.82, 2.24) is 4.98 Å². The van der Waals surface area contributed by atoms with Crippen molar-refractivity contribution in [1.29, 1.82) is 0 Å². The van der Waals surface area contributed by atoms with Crippen molar-refractivity contribution in [3.8, 4) is 0 Å². The van der Waals surface area contributed by atoms with Crippen molar-refractivity contribution in [2.45, 2.75) is 13.8 Å². The third-order valence-electron chi connectivity index (χ3n) is 2.64. The summed E-state index contributed by atoms with van der Waals surface area (Å²) < 4.78 is 11.7. The van der Waals surface area contributed by atoms with Crippen LogP contribution in [0.15, 0.2) is 16.9 Å². The van der Waals surface area contributed by atoms with Crippen LogP contribution in [0.3, 0.4) is 0 Å². The molecule has 1 aromatic heterocycles. The van der Waals surface area contributed by atoms with Crippen molar-refractivity contribution in [3.05, 3.63) is 16.9 Å². The van der Waals surface area contributed by atoms with Gasteiger partial charge in [0, 0.05) is 32.5 Å². The molecule has 0 fully saturated rings. The van der Waals surface area contributed by atoms with Crippen molar-refractivity contribution in [2.75, 3.05) is 50.2 Å². The van der Waals surface area contributed by atoms with Crippen LogP contribution in [-0.4, -0.2) is 44.5 Å². The van der Waals surface area contributed by atoms with Crippen molar-refractivity contribution in [3.63, 3.8) is 0 Å². The highest BCUT2D eigenvalue weighted by atomic mass is 79.9. The third kappa shape index (κ3) is 5.34. The van der Waals surface area contributed by atoms with Gasteiger partial charge in [0.05, 0.1) is 35.3 Å². The summed E-state index contributed by atoms with van der Waals surface area (Å²) in [5, 5.41) is 0. The maximum atomic E-state index is 6.01. The fourth-order valence-electron chi connectivity index (χ4n) is 1.75. The van der Waals surface area contributed by atoms with Crippen LogP contribution >= 0.6 is 15.9 Å². The van der Waals surface area contributed by atoms with E-state index in [1.807, 2.05) is 13.8 Å². The maximum absolute atomic E-state index is 6.01. The number of pyridine rings is 1. The van der Waals surface area contributed by atoms with Crippen LogP contribution in [0.2, 0.25) is 0 Å². The number of hydrogen-bond donors (Lipinski definition) is 1. The summed E-state index contributed by atoms with van der Waals surface area (Å²) in [4.78, 5) is 6.22. The van der Waals surface area contributed by atoms with Crippen molar-refractivity contribution < 1.29 is 9.47 Å². The number of anilines is 2. The van der Waals surface area contributed by atoms with E-state index in [0.717, 1.165) is 23.2 Å². The average Bonchev–Trinajstić information content (AvgIpc) is 2.38. The minimum atomic E-state index is 0.655. The lowest BCUT2D eigenvalue weighted by Gasteiger charge is -2.26. The number of aromatic nitrogens is 1. The van der Waals surface area contributed by atoms with Crippen LogP contribution in [0, 0.1) is 0 Å². The molecule has 1 aromatic rings. The summed E-state index contributed by atoms with van der Waals surface area (Å²) in [6.07, 6.45) is 3.41. The Morgan fingerprint density at radius 3 is 2.21 bits per heavy atom. The SMILES string of the molecule is CCOCCN(CCOCC)c1c(N)cncc1Br. The predicted molar refractivity (Wildman–Crippen MR) is 81.5 cm³/mol. The van der Waals surface area contributed by atoms with Gasteiger partial charge in [-0.1, -0.05) is 0 Å². The minimum Gasteiger partial charge on any atom is -0.396 e. The minimum absolute atomic E-state index is 0.655. The van der Waals surface area contributed by atoms with E-state index in [9.17, 15) is 0 Å². The summed E-state index contributed by atoms with van der Waals surface area (Å²) in [5.74, 6) is 0. The first-order chi connectivity index (χ1) is 9.20. The molecule has 0 spiro atoms. The molecule has 0 aliphatic carbocycles. The Labute approximate surface area is 123 Å². The summed E-state index contributed by atoms with van der Waals surface area (Å²) in [5.41, 5.74) is 7.62. The molecule has 0 saturated heterocycles. The van der Waals surface area contributed by atoms with Crippen LogP contribution < -0.4 is 10.6 Å². The molecule has 19 heavy (non-hydrogen) atoms. The Balaban J connectivity index is 2.75. The highest BCUT2D eigenvalue weighted by Crippen LogP contribution is 2.30. The lowest BCUT2D eigenvalue weighted by molar-refractivity contribution is 0.141. The Hall–Kier alpha value is -0.850. The van der Waals surface area contributed by atoms with Gasteiger partial charge in [-0.2, -0.15) is 0 Å². The van der Waals surface area contributed by atoms with Crippen molar-refractivity contribution in [2.24, 2.45) is 0 Å². The first kappa shape index (κ1) is 16.2. The molecule has 0 saturated carbocycles. The van der Waals surface area contributed by atoms with E-state index >= 15 is 0 Å². The number of halogens is 1. The lowest BCUT2D eigenvalue weighted by atomic mass is 10.3. The highest BCUT2D eigenvalue weighted by Gasteiger charge is 2.13. The summed E-state index contributed by atoms with van der Waals surface area (Å²) in [6, 6.07) is 0. The molecule has 0 bridgehead atoms. The Kier molecular flexibility index (Phi) is 7.78. The number of nitrogens with zero attached hydrogens (tertiary/aromatic N) is 2. The quantitative estimate of drug-likeness (QED) is 0.703. The molecule has 0 radical (unpaired) electrons. The largest absolute Gasteiger partial charge is 0.396 e. The molecule has 108 valence electrons. The smallest absolute Gasteiger partial charge is 0.0777 e. The van der Waals surface area contributed by atoms with Gasteiger partial charge in [0.15, 0.2) is 0 Å². The first-order valence-electron chi connectivity index (χ1n) is 6.50. The van der Waals surface area contributed by atoms with E-state index < -0.39 is 0 Å². The normalized spacial score (nSPS) is 10.7. The fourth-order valence-corrected chi connectivity index (χ4v) is 2.35. The van der Waals surface area contributed by atoms with Crippen LogP contribution in [-0.2, 0) is 9.47 Å². The second-order valence-corrected chi connectivity index (χ2v) is 4.79. The Bertz CT molecular complexity index is 347. The monoisotopic (exact) mass is 331 g/mol. The van der Waals surface area contributed by atoms with Crippen LogP contribution in [0.4, 0.5) is 11.4 Å². The lowest BCUT2D eigenvalue weighted by Crippen LogP contribution is -2.32. The van der Waals surface area contributed by atoms with E-state index in [-0.39, 0.29) is 0 Å². The summed E-state index contributed by atoms with van der Waals surface area (Å²) >= 11 is 3.50. The van der Waals surface area contributed by atoms with E-state index in [1.165, 1.54) is 0 Å². The summed E-state index contributed by atoms with van der Waals surface area (Å²) in [6.45, 7) is 8.27. The van der Waals surface area contributed by atoms with Gasteiger partial charge in [0.25, 0.3) is 0 Å². The number of rotatable bonds is 9. The fraction of sp³-hybridized carbons (Fsp3) is 0.615. The maximum Gasteiger partial charge on any atom is 0.0777 e. The van der Waals surface area contributed by atoms with Crippen LogP contribution in [0.25, 0.3) is 0 Å². The zero-order valence-corrected chi connectivity index (χ0v) is 13.1. The van der Waals surface area contributed by atoms with E-state index in [0.29, 0.717) is 32.1 Å². The second kappa shape index (κ2) is 9.12. The Morgan fingerprint density at radius 1 is 1.16 bits per heavy atom. The predicted octanol–water partition coefficient (Wildman–Crippen LogP) is 2.31. The van der Waals surface area contributed by atoms with Gasteiger partial charge in [-0.05, 0) is 29.8 Å². The van der Waals surface area contributed by atoms with E-state index in [2.05, 4.69) is 25.8 Å². The molecule has 2 N–H and O–H groups in total. The molecule has 0 aliphatic heterocycles. The topological polar surface area (TPSA) is 60.6 Å². The highest BCUT2D eigenvalue weighted by molar-refractivity contribution is 9.10. The van der Waals surface area contributed by atoms with Crippen LogP contribution in [0.1, 0.15) is 13.8 Å². The third-order valence-corrected chi connectivity index (χ3v) is 3.22.